The highest BCUT2D eigenvalue weighted by molar-refractivity contribution is 6.88. The van der Waals surface area contributed by atoms with Crippen LogP contribution in [0.3, 0.4) is 0 Å². The second kappa shape index (κ2) is 6.88. The molecule has 2 rings (SSSR count). The van der Waals surface area contributed by atoms with Crippen molar-refractivity contribution in [2.45, 2.75) is 39.5 Å². The summed E-state index contributed by atoms with van der Waals surface area (Å²) in [5, 5.41) is 1.56. The van der Waals surface area contributed by atoms with Crippen molar-refractivity contribution in [3.8, 4) is 0 Å². The summed E-state index contributed by atoms with van der Waals surface area (Å²) in [7, 11) is -1.15. The number of rotatable bonds is 5. The molecule has 1 aromatic rings. The third-order valence-corrected chi connectivity index (χ3v) is 6.30. The van der Waals surface area contributed by atoms with Gasteiger partial charge in [0.1, 0.15) is 0 Å². The van der Waals surface area contributed by atoms with Crippen LogP contribution in [0.5, 0.6) is 0 Å². The zero-order chi connectivity index (χ0) is 14.6. The highest BCUT2D eigenvalue weighted by atomic mass is 28.3. The maximum atomic E-state index is 2.59. The average molecular weight is 291 g/mol. The van der Waals surface area contributed by atoms with E-state index in [0.717, 1.165) is 6.54 Å². The quantitative estimate of drug-likeness (QED) is 0.770. The summed E-state index contributed by atoms with van der Waals surface area (Å²) in [5.41, 5.74) is 1.47. The minimum atomic E-state index is -1.15. The Bertz CT molecular complexity index is 400. The van der Waals surface area contributed by atoms with Crippen LogP contribution in [0.15, 0.2) is 24.3 Å². The minimum absolute atomic E-state index is 1.12. The summed E-state index contributed by atoms with van der Waals surface area (Å²) >= 11 is 0. The first kappa shape index (κ1) is 15.7. The van der Waals surface area contributed by atoms with Crippen LogP contribution in [0.2, 0.25) is 19.6 Å². The molecule has 1 saturated heterocycles. The fourth-order valence-electron chi connectivity index (χ4n) is 2.86. The highest BCUT2D eigenvalue weighted by Crippen LogP contribution is 2.10. The first-order chi connectivity index (χ1) is 9.49. The highest BCUT2D eigenvalue weighted by Gasteiger charge is 2.18. The Balaban J connectivity index is 1.85. The Hall–Kier alpha value is -0.643. The normalized spacial score (nSPS) is 18.4. The van der Waals surface area contributed by atoms with Crippen molar-refractivity contribution in [3.63, 3.8) is 0 Å². The lowest BCUT2D eigenvalue weighted by Crippen LogP contribution is -2.46. The summed E-state index contributed by atoms with van der Waals surface area (Å²) in [5.74, 6) is 0. The molecule has 0 radical (unpaired) electrons. The SMILES string of the molecule is CCCN1CCN(Cc2ccc([Si](C)(C)C)cc2)CC1. The van der Waals surface area contributed by atoms with Crippen molar-refractivity contribution in [1.29, 1.82) is 0 Å². The summed E-state index contributed by atoms with van der Waals surface area (Å²) < 4.78 is 0. The van der Waals surface area contributed by atoms with Crippen LogP contribution < -0.4 is 5.19 Å². The van der Waals surface area contributed by atoms with Gasteiger partial charge in [-0.2, -0.15) is 0 Å². The molecule has 0 atom stereocenters. The molecule has 0 spiro atoms. The molecule has 1 aromatic carbocycles. The van der Waals surface area contributed by atoms with Crippen molar-refractivity contribution < 1.29 is 0 Å². The van der Waals surface area contributed by atoms with Gasteiger partial charge >= 0.3 is 0 Å². The third-order valence-electron chi connectivity index (χ3n) is 4.23. The Morgan fingerprint density at radius 1 is 0.900 bits per heavy atom. The molecule has 1 heterocycles. The molecule has 0 N–H and O–H groups in total. The predicted octanol–water partition coefficient (Wildman–Crippen LogP) is 2.76. The van der Waals surface area contributed by atoms with Gasteiger partial charge in [-0.25, -0.2) is 0 Å². The van der Waals surface area contributed by atoms with Gasteiger partial charge in [-0.05, 0) is 18.5 Å². The lowest BCUT2D eigenvalue weighted by Gasteiger charge is -2.34. The Labute approximate surface area is 125 Å². The zero-order valence-electron chi connectivity index (χ0n) is 13.7. The van der Waals surface area contributed by atoms with E-state index in [-0.39, 0.29) is 0 Å². The van der Waals surface area contributed by atoms with Crippen molar-refractivity contribution in [1.82, 2.24) is 9.80 Å². The van der Waals surface area contributed by atoms with Gasteiger partial charge in [-0.3, -0.25) is 4.90 Å². The van der Waals surface area contributed by atoms with Crippen molar-refractivity contribution in [2.24, 2.45) is 0 Å². The molecular formula is C17H30N2Si. The second-order valence-electron chi connectivity index (χ2n) is 7.06. The molecule has 0 aromatic heterocycles. The van der Waals surface area contributed by atoms with E-state index in [1.165, 1.54) is 44.7 Å². The number of hydrogen-bond acceptors (Lipinski definition) is 2. The number of nitrogens with zero attached hydrogens (tertiary/aromatic N) is 2. The van der Waals surface area contributed by atoms with E-state index >= 15 is 0 Å². The van der Waals surface area contributed by atoms with Gasteiger partial charge in [0.2, 0.25) is 0 Å². The Morgan fingerprint density at radius 2 is 1.45 bits per heavy atom. The van der Waals surface area contributed by atoms with Gasteiger partial charge in [0.05, 0.1) is 8.07 Å². The van der Waals surface area contributed by atoms with Gasteiger partial charge in [0, 0.05) is 32.7 Å². The molecular weight excluding hydrogens is 260 g/mol. The van der Waals surface area contributed by atoms with E-state index < -0.39 is 8.07 Å². The van der Waals surface area contributed by atoms with E-state index in [9.17, 15) is 0 Å². The minimum Gasteiger partial charge on any atom is -0.301 e. The summed E-state index contributed by atoms with van der Waals surface area (Å²) in [6.45, 7) is 16.8. The van der Waals surface area contributed by atoms with E-state index in [1.54, 1.807) is 5.19 Å². The third kappa shape index (κ3) is 4.44. The van der Waals surface area contributed by atoms with Crippen molar-refractivity contribution in [2.75, 3.05) is 32.7 Å². The van der Waals surface area contributed by atoms with Crippen LogP contribution in [0, 0.1) is 0 Å². The van der Waals surface area contributed by atoms with Crippen molar-refractivity contribution in [3.05, 3.63) is 29.8 Å². The number of hydrogen-bond donors (Lipinski definition) is 0. The Kier molecular flexibility index (Phi) is 5.41. The molecule has 0 unspecified atom stereocenters. The molecule has 1 aliphatic rings. The maximum Gasteiger partial charge on any atom is 0.0775 e. The van der Waals surface area contributed by atoms with E-state index in [1.807, 2.05) is 0 Å². The number of piperazine rings is 1. The average Bonchev–Trinajstić information content (AvgIpc) is 2.41. The first-order valence-electron chi connectivity index (χ1n) is 8.03. The van der Waals surface area contributed by atoms with Crippen LogP contribution in [-0.4, -0.2) is 50.6 Å². The molecule has 2 nitrogen and oxygen atoms in total. The van der Waals surface area contributed by atoms with Gasteiger partial charge in [-0.1, -0.05) is 56.0 Å². The van der Waals surface area contributed by atoms with Crippen LogP contribution in [0.25, 0.3) is 0 Å². The van der Waals surface area contributed by atoms with Crippen LogP contribution in [-0.2, 0) is 6.54 Å². The molecule has 0 saturated carbocycles. The fourth-order valence-corrected chi connectivity index (χ4v) is 4.02. The number of benzene rings is 1. The summed E-state index contributed by atoms with van der Waals surface area (Å²) in [4.78, 5) is 5.18. The van der Waals surface area contributed by atoms with Gasteiger partial charge in [0.25, 0.3) is 0 Å². The smallest absolute Gasteiger partial charge is 0.0775 e. The van der Waals surface area contributed by atoms with Gasteiger partial charge in [0.15, 0.2) is 0 Å². The molecule has 0 bridgehead atoms. The second-order valence-corrected chi connectivity index (χ2v) is 12.1. The summed E-state index contributed by atoms with van der Waals surface area (Å²) in [6, 6.07) is 9.39. The molecule has 112 valence electrons. The van der Waals surface area contributed by atoms with Crippen LogP contribution >= 0.6 is 0 Å². The van der Waals surface area contributed by atoms with E-state index in [2.05, 4.69) is 60.6 Å². The molecule has 0 aliphatic carbocycles. The monoisotopic (exact) mass is 290 g/mol. The Morgan fingerprint density at radius 3 is 1.95 bits per heavy atom. The maximum absolute atomic E-state index is 2.59. The zero-order valence-corrected chi connectivity index (χ0v) is 14.7. The lowest BCUT2D eigenvalue weighted by atomic mass is 10.2. The molecule has 0 amide bonds. The van der Waals surface area contributed by atoms with Gasteiger partial charge in [-0.15, -0.1) is 0 Å². The molecule has 1 fully saturated rings. The topological polar surface area (TPSA) is 6.48 Å². The lowest BCUT2D eigenvalue weighted by molar-refractivity contribution is 0.127. The largest absolute Gasteiger partial charge is 0.301 e. The standard InChI is InChI=1S/C17H30N2Si/c1-5-10-18-11-13-19(14-12-18)15-16-6-8-17(9-7-16)20(2,3)4/h6-9H,5,10-15H2,1-4H3. The van der Waals surface area contributed by atoms with Crippen LogP contribution in [0.4, 0.5) is 0 Å². The molecule has 3 heteroatoms. The molecule has 1 aliphatic heterocycles. The van der Waals surface area contributed by atoms with Gasteiger partial charge < -0.3 is 4.90 Å². The van der Waals surface area contributed by atoms with Crippen LogP contribution in [0.1, 0.15) is 18.9 Å². The predicted molar refractivity (Wildman–Crippen MR) is 91.4 cm³/mol. The molecule has 20 heavy (non-hydrogen) atoms. The van der Waals surface area contributed by atoms with E-state index in [0.29, 0.717) is 0 Å². The first-order valence-corrected chi connectivity index (χ1v) is 11.5. The van der Waals surface area contributed by atoms with E-state index in [4.69, 9.17) is 0 Å². The fraction of sp³-hybridized carbons (Fsp3) is 0.647. The van der Waals surface area contributed by atoms with Crippen molar-refractivity contribution >= 4 is 13.3 Å². The summed E-state index contributed by atoms with van der Waals surface area (Å²) in [6.07, 6.45) is 1.28.